The minimum atomic E-state index is -1.06. The van der Waals surface area contributed by atoms with Crippen molar-refractivity contribution >= 4 is 30.4 Å². The van der Waals surface area contributed by atoms with Crippen molar-refractivity contribution in [2.75, 3.05) is 12.3 Å². The summed E-state index contributed by atoms with van der Waals surface area (Å²) in [5.74, 6) is -1.22. The molecule has 2 amide bonds. The Kier molecular flexibility index (Phi) is 10.7. The van der Waals surface area contributed by atoms with E-state index in [2.05, 4.69) is 23.3 Å². The zero-order chi connectivity index (χ0) is 24.5. The third-order valence-electron chi connectivity index (χ3n) is 6.06. The number of benzene rings is 1. The van der Waals surface area contributed by atoms with E-state index in [4.69, 9.17) is 5.73 Å². The number of hydrogen-bond donors (Lipinski definition) is 5. The SMILES string of the molecule is CCCC[C@H](NC(=O)[C@@H]1Cc2ccccc2CN1C(=O)[C@@H](NC[C@@H](N)CS)C(C)C)C(=O)O. The van der Waals surface area contributed by atoms with Gasteiger partial charge < -0.3 is 26.4 Å². The molecule has 8 nitrogen and oxygen atoms in total. The van der Waals surface area contributed by atoms with Crippen LogP contribution in [0.15, 0.2) is 24.3 Å². The van der Waals surface area contributed by atoms with E-state index in [9.17, 15) is 19.5 Å². The standard InChI is InChI=1S/C24H38N4O4S/c1-4-5-10-19(24(31)32)27-22(29)20-11-16-8-6-7-9-17(16)13-28(20)23(30)21(15(2)3)26-12-18(25)14-33/h6-9,15,18-21,26,33H,4-5,10-14,25H2,1-3H3,(H,27,29)(H,31,32)/t18-,19+,20+,21+/m1/s1. The third kappa shape index (κ3) is 7.45. The average molecular weight is 479 g/mol. The van der Waals surface area contributed by atoms with Crippen molar-refractivity contribution in [3.05, 3.63) is 35.4 Å². The topological polar surface area (TPSA) is 125 Å². The van der Waals surface area contributed by atoms with Gasteiger partial charge >= 0.3 is 5.97 Å². The van der Waals surface area contributed by atoms with Crippen LogP contribution in [-0.4, -0.2) is 64.3 Å². The molecular formula is C24H38N4O4S. The van der Waals surface area contributed by atoms with Gasteiger partial charge in [0.05, 0.1) is 6.04 Å². The Bertz CT molecular complexity index is 819. The molecule has 184 valence electrons. The molecule has 0 aromatic heterocycles. The summed E-state index contributed by atoms with van der Waals surface area (Å²) in [5, 5.41) is 15.5. The van der Waals surface area contributed by atoms with Gasteiger partial charge in [0, 0.05) is 31.3 Å². The number of carbonyl (C=O) groups excluding carboxylic acids is 2. The van der Waals surface area contributed by atoms with Crippen LogP contribution in [0, 0.1) is 5.92 Å². The third-order valence-corrected chi connectivity index (χ3v) is 6.53. The van der Waals surface area contributed by atoms with Gasteiger partial charge in [-0.15, -0.1) is 0 Å². The number of unbranched alkanes of at least 4 members (excludes halogenated alkanes) is 1. The number of carbonyl (C=O) groups is 3. The average Bonchev–Trinajstić information content (AvgIpc) is 2.79. The van der Waals surface area contributed by atoms with Gasteiger partial charge in [-0.1, -0.05) is 57.9 Å². The monoisotopic (exact) mass is 478 g/mol. The molecule has 2 rings (SSSR count). The lowest BCUT2D eigenvalue weighted by atomic mass is 9.91. The summed E-state index contributed by atoms with van der Waals surface area (Å²) >= 11 is 4.21. The van der Waals surface area contributed by atoms with E-state index in [1.807, 2.05) is 45.0 Å². The van der Waals surface area contributed by atoms with Crippen molar-refractivity contribution in [1.82, 2.24) is 15.5 Å². The van der Waals surface area contributed by atoms with E-state index in [0.717, 1.165) is 17.5 Å². The van der Waals surface area contributed by atoms with Gasteiger partial charge in [0.15, 0.2) is 0 Å². The number of amides is 2. The number of thiol groups is 1. The zero-order valence-electron chi connectivity index (χ0n) is 19.8. The summed E-state index contributed by atoms with van der Waals surface area (Å²) in [7, 11) is 0. The summed E-state index contributed by atoms with van der Waals surface area (Å²) in [6.07, 6.45) is 2.22. The Morgan fingerprint density at radius 2 is 1.91 bits per heavy atom. The van der Waals surface area contributed by atoms with Crippen molar-refractivity contribution in [2.24, 2.45) is 11.7 Å². The number of aliphatic carboxylic acids is 1. The van der Waals surface area contributed by atoms with Gasteiger partial charge in [0.1, 0.15) is 12.1 Å². The molecule has 0 bridgehead atoms. The van der Waals surface area contributed by atoms with Crippen molar-refractivity contribution in [1.29, 1.82) is 0 Å². The summed E-state index contributed by atoms with van der Waals surface area (Å²) < 4.78 is 0. The second-order valence-corrected chi connectivity index (χ2v) is 9.43. The van der Waals surface area contributed by atoms with Crippen molar-refractivity contribution < 1.29 is 19.5 Å². The van der Waals surface area contributed by atoms with Crippen molar-refractivity contribution in [2.45, 2.75) is 77.2 Å². The van der Waals surface area contributed by atoms with Crippen LogP contribution >= 0.6 is 12.6 Å². The van der Waals surface area contributed by atoms with E-state index in [1.165, 1.54) is 0 Å². The molecule has 33 heavy (non-hydrogen) atoms. The lowest BCUT2D eigenvalue weighted by Gasteiger charge is -2.39. The molecule has 0 aliphatic carbocycles. The minimum absolute atomic E-state index is 0.0261. The second-order valence-electron chi connectivity index (χ2n) is 9.07. The quantitative estimate of drug-likeness (QED) is 0.291. The van der Waals surface area contributed by atoms with Crippen molar-refractivity contribution in [3.63, 3.8) is 0 Å². The maximum Gasteiger partial charge on any atom is 0.326 e. The van der Waals surface area contributed by atoms with E-state index < -0.39 is 30.0 Å². The molecule has 4 atom stereocenters. The fourth-order valence-corrected chi connectivity index (χ4v) is 4.18. The minimum Gasteiger partial charge on any atom is -0.480 e. The lowest BCUT2D eigenvalue weighted by molar-refractivity contribution is -0.147. The highest BCUT2D eigenvalue weighted by atomic mass is 32.1. The largest absolute Gasteiger partial charge is 0.480 e. The zero-order valence-corrected chi connectivity index (χ0v) is 20.7. The molecule has 5 N–H and O–H groups in total. The molecule has 1 heterocycles. The Labute approximate surface area is 202 Å². The Morgan fingerprint density at radius 3 is 2.48 bits per heavy atom. The molecule has 0 saturated carbocycles. The van der Waals surface area contributed by atoms with Gasteiger partial charge in [0.25, 0.3) is 0 Å². The molecule has 0 saturated heterocycles. The number of fused-ring (bicyclic) bond motifs is 1. The maximum atomic E-state index is 13.7. The van der Waals surface area contributed by atoms with Gasteiger partial charge in [-0.2, -0.15) is 12.6 Å². The summed E-state index contributed by atoms with van der Waals surface area (Å²) in [6.45, 7) is 6.58. The molecule has 0 spiro atoms. The van der Waals surface area contributed by atoms with E-state index in [-0.39, 0.29) is 17.9 Å². The number of nitrogens with one attached hydrogen (secondary N) is 2. The van der Waals surface area contributed by atoms with Gasteiger partial charge in [-0.05, 0) is 23.5 Å². The highest BCUT2D eigenvalue weighted by molar-refractivity contribution is 7.80. The number of carboxylic acids is 1. The van der Waals surface area contributed by atoms with Crippen LogP contribution in [0.2, 0.25) is 0 Å². The van der Waals surface area contributed by atoms with Gasteiger partial charge in [-0.3, -0.25) is 9.59 Å². The molecule has 1 aromatic carbocycles. The molecule has 1 aromatic rings. The molecule has 0 radical (unpaired) electrons. The Hall–Kier alpha value is -2.10. The smallest absolute Gasteiger partial charge is 0.326 e. The molecular weight excluding hydrogens is 440 g/mol. The first-order valence-electron chi connectivity index (χ1n) is 11.7. The lowest BCUT2D eigenvalue weighted by Crippen LogP contribution is -2.60. The van der Waals surface area contributed by atoms with Gasteiger partial charge in [0.2, 0.25) is 11.8 Å². The molecule has 1 aliphatic rings. The van der Waals surface area contributed by atoms with Crippen molar-refractivity contribution in [3.8, 4) is 0 Å². The highest BCUT2D eigenvalue weighted by Gasteiger charge is 2.39. The van der Waals surface area contributed by atoms with Crippen LogP contribution in [0.1, 0.15) is 51.2 Å². The first-order chi connectivity index (χ1) is 15.7. The van der Waals surface area contributed by atoms with Crippen LogP contribution in [0.4, 0.5) is 0 Å². The summed E-state index contributed by atoms with van der Waals surface area (Å²) in [6, 6.07) is 5.26. The normalized spacial score (nSPS) is 18.4. The van der Waals surface area contributed by atoms with Crippen LogP contribution in [0.5, 0.6) is 0 Å². The van der Waals surface area contributed by atoms with Crippen LogP contribution in [0.25, 0.3) is 0 Å². The van der Waals surface area contributed by atoms with Gasteiger partial charge in [-0.25, -0.2) is 4.79 Å². The first-order valence-corrected chi connectivity index (χ1v) is 12.3. The predicted molar refractivity (Wildman–Crippen MR) is 132 cm³/mol. The molecule has 1 aliphatic heterocycles. The molecule has 0 unspecified atom stereocenters. The fourth-order valence-electron chi connectivity index (χ4n) is 4.05. The second kappa shape index (κ2) is 13.0. The molecule has 0 fully saturated rings. The number of nitrogens with two attached hydrogens (primary N) is 1. The van der Waals surface area contributed by atoms with Crippen LogP contribution in [0.3, 0.4) is 0 Å². The Morgan fingerprint density at radius 1 is 1.24 bits per heavy atom. The fraction of sp³-hybridized carbons (Fsp3) is 0.625. The highest BCUT2D eigenvalue weighted by Crippen LogP contribution is 2.25. The van der Waals surface area contributed by atoms with Crippen LogP contribution in [-0.2, 0) is 27.3 Å². The number of rotatable bonds is 12. The predicted octanol–water partition coefficient (Wildman–Crippen LogP) is 1.57. The summed E-state index contributed by atoms with van der Waals surface area (Å²) in [5.41, 5.74) is 7.96. The van der Waals surface area contributed by atoms with Crippen LogP contribution < -0.4 is 16.4 Å². The van der Waals surface area contributed by atoms with E-state index in [0.29, 0.717) is 38.1 Å². The number of nitrogens with zero attached hydrogens (tertiary/aromatic N) is 1. The van der Waals surface area contributed by atoms with E-state index >= 15 is 0 Å². The summed E-state index contributed by atoms with van der Waals surface area (Å²) in [4.78, 5) is 40.2. The molecule has 9 heteroatoms. The first kappa shape index (κ1) is 27.1. The maximum absolute atomic E-state index is 13.7. The van der Waals surface area contributed by atoms with E-state index in [1.54, 1.807) is 4.90 Å². The Balaban J connectivity index is 2.30. The number of hydrogen-bond acceptors (Lipinski definition) is 6. The number of carboxylic acid groups (broad SMARTS) is 1.